The van der Waals surface area contributed by atoms with Crippen molar-refractivity contribution in [1.82, 2.24) is 9.97 Å². The third-order valence-corrected chi connectivity index (χ3v) is 3.53. The van der Waals surface area contributed by atoms with Gasteiger partial charge < -0.3 is 10.4 Å². The lowest BCUT2D eigenvalue weighted by Gasteiger charge is -2.17. The topological polar surface area (TPSA) is 78.0 Å². The first-order valence-electron chi connectivity index (χ1n) is 6.10. The number of aliphatic hydroxyl groups is 1. The van der Waals surface area contributed by atoms with Crippen molar-refractivity contribution in [3.05, 3.63) is 34.6 Å². The van der Waals surface area contributed by atoms with E-state index in [1.807, 2.05) is 24.5 Å². The molecule has 102 valence electrons. The molecule has 0 spiro atoms. The van der Waals surface area contributed by atoms with Crippen LogP contribution in [0.1, 0.15) is 6.42 Å². The second-order valence-corrected chi connectivity index (χ2v) is 5.15. The zero-order chi connectivity index (χ0) is 13.7. The molecule has 19 heavy (non-hydrogen) atoms. The lowest BCUT2D eigenvalue weighted by molar-refractivity contribution is 0.282. The van der Waals surface area contributed by atoms with Gasteiger partial charge in [-0.2, -0.15) is 11.8 Å². The molecule has 0 saturated heterocycles. The number of nitrogens with zero attached hydrogens (tertiary/aromatic N) is 1. The van der Waals surface area contributed by atoms with E-state index in [0.29, 0.717) is 23.3 Å². The smallest absolute Gasteiger partial charge is 0.260 e. The van der Waals surface area contributed by atoms with Crippen LogP contribution in [-0.2, 0) is 0 Å². The number of aromatic amines is 1. The number of rotatable bonds is 6. The third kappa shape index (κ3) is 3.48. The SMILES string of the molecule is CSC[C@H](CCO)Nc1nc2ccccc2c(=O)[nH]1. The largest absolute Gasteiger partial charge is 0.396 e. The minimum atomic E-state index is -0.153. The number of thioether (sulfide) groups is 1. The van der Waals surface area contributed by atoms with Crippen molar-refractivity contribution in [2.75, 3.05) is 23.9 Å². The summed E-state index contributed by atoms with van der Waals surface area (Å²) in [4.78, 5) is 19.0. The first kappa shape index (κ1) is 13.9. The van der Waals surface area contributed by atoms with Gasteiger partial charge in [-0.05, 0) is 24.8 Å². The van der Waals surface area contributed by atoms with Gasteiger partial charge in [0.1, 0.15) is 0 Å². The Labute approximate surface area is 115 Å². The van der Waals surface area contributed by atoms with E-state index in [-0.39, 0.29) is 18.2 Å². The summed E-state index contributed by atoms with van der Waals surface area (Å²) < 4.78 is 0. The monoisotopic (exact) mass is 279 g/mol. The van der Waals surface area contributed by atoms with Crippen LogP contribution in [0.2, 0.25) is 0 Å². The lowest BCUT2D eigenvalue weighted by Crippen LogP contribution is -2.26. The van der Waals surface area contributed by atoms with Crippen LogP contribution in [0, 0.1) is 0 Å². The van der Waals surface area contributed by atoms with E-state index in [2.05, 4.69) is 15.3 Å². The molecule has 0 amide bonds. The quantitative estimate of drug-likeness (QED) is 0.746. The zero-order valence-corrected chi connectivity index (χ0v) is 11.5. The minimum absolute atomic E-state index is 0.0873. The molecule has 5 nitrogen and oxygen atoms in total. The van der Waals surface area contributed by atoms with Gasteiger partial charge in [0.05, 0.1) is 10.9 Å². The van der Waals surface area contributed by atoms with Crippen molar-refractivity contribution in [3.8, 4) is 0 Å². The Morgan fingerprint density at radius 2 is 2.26 bits per heavy atom. The zero-order valence-electron chi connectivity index (χ0n) is 10.7. The van der Waals surface area contributed by atoms with Crippen molar-refractivity contribution in [2.45, 2.75) is 12.5 Å². The summed E-state index contributed by atoms with van der Waals surface area (Å²) in [5.41, 5.74) is 0.514. The predicted molar refractivity (Wildman–Crippen MR) is 79.9 cm³/mol. The molecule has 0 unspecified atom stereocenters. The summed E-state index contributed by atoms with van der Waals surface area (Å²) in [6.45, 7) is 0.107. The van der Waals surface area contributed by atoms with Crippen LogP contribution in [0.4, 0.5) is 5.95 Å². The highest BCUT2D eigenvalue weighted by atomic mass is 32.2. The highest BCUT2D eigenvalue weighted by Gasteiger charge is 2.10. The van der Waals surface area contributed by atoms with E-state index >= 15 is 0 Å². The Morgan fingerprint density at radius 3 is 3.00 bits per heavy atom. The second kappa shape index (κ2) is 6.58. The Bertz CT molecular complexity index is 594. The standard InChI is InChI=1S/C13H17N3O2S/c1-19-8-9(6-7-17)14-13-15-11-5-3-2-4-10(11)12(18)16-13/h2-5,9,17H,6-8H2,1H3,(H2,14,15,16,18)/t9-/m0/s1. The molecule has 2 rings (SSSR count). The van der Waals surface area contributed by atoms with E-state index in [9.17, 15) is 4.79 Å². The number of H-pyrrole nitrogens is 1. The average Bonchev–Trinajstić information content (AvgIpc) is 2.39. The Kier molecular flexibility index (Phi) is 4.81. The number of nitrogens with one attached hydrogen (secondary N) is 2. The van der Waals surface area contributed by atoms with Crippen molar-refractivity contribution >= 4 is 28.6 Å². The molecule has 0 radical (unpaired) electrons. The van der Waals surface area contributed by atoms with Gasteiger partial charge in [-0.1, -0.05) is 12.1 Å². The summed E-state index contributed by atoms with van der Waals surface area (Å²) in [5, 5.41) is 12.8. The first-order valence-corrected chi connectivity index (χ1v) is 7.49. The fraction of sp³-hybridized carbons (Fsp3) is 0.385. The van der Waals surface area contributed by atoms with E-state index in [0.717, 1.165) is 5.75 Å². The van der Waals surface area contributed by atoms with Crippen LogP contribution >= 0.6 is 11.8 Å². The van der Waals surface area contributed by atoms with E-state index in [1.165, 1.54) is 0 Å². The fourth-order valence-electron chi connectivity index (χ4n) is 1.90. The molecule has 0 saturated carbocycles. The van der Waals surface area contributed by atoms with Gasteiger partial charge >= 0.3 is 0 Å². The van der Waals surface area contributed by atoms with Crippen LogP contribution in [0.15, 0.2) is 29.1 Å². The number of para-hydroxylation sites is 1. The van der Waals surface area contributed by atoms with E-state index < -0.39 is 0 Å². The maximum Gasteiger partial charge on any atom is 0.260 e. The number of hydrogen-bond acceptors (Lipinski definition) is 5. The molecule has 0 bridgehead atoms. The molecule has 0 fully saturated rings. The van der Waals surface area contributed by atoms with E-state index in [4.69, 9.17) is 5.11 Å². The van der Waals surface area contributed by atoms with Crippen LogP contribution < -0.4 is 10.9 Å². The van der Waals surface area contributed by atoms with E-state index in [1.54, 1.807) is 17.8 Å². The number of aliphatic hydroxyl groups excluding tert-OH is 1. The molecule has 0 aliphatic carbocycles. The molecule has 6 heteroatoms. The number of aromatic nitrogens is 2. The number of hydrogen-bond donors (Lipinski definition) is 3. The fourth-order valence-corrected chi connectivity index (χ4v) is 2.55. The van der Waals surface area contributed by atoms with Crippen molar-refractivity contribution in [3.63, 3.8) is 0 Å². The van der Waals surface area contributed by atoms with Gasteiger partial charge in [0.15, 0.2) is 0 Å². The molecule has 2 aromatic rings. The number of anilines is 1. The van der Waals surface area contributed by atoms with Crippen molar-refractivity contribution < 1.29 is 5.11 Å². The highest BCUT2D eigenvalue weighted by molar-refractivity contribution is 7.98. The molecular formula is C13H17N3O2S. The van der Waals surface area contributed by atoms with Gasteiger partial charge in [0.2, 0.25) is 5.95 Å². The first-order chi connectivity index (χ1) is 9.24. The molecule has 3 N–H and O–H groups in total. The Hall–Kier alpha value is -1.53. The van der Waals surface area contributed by atoms with Gasteiger partial charge in [-0.25, -0.2) is 4.98 Å². The maximum atomic E-state index is 11.9. The second-order valence-electron chi connectivity index (χ2n) is 4.24. The van der Waals surface area contributed by atoms with Crippen molar-refractivity contribution in [1.29, 1.82) is 0 Å². The lowest BCUT2D eigenvalue weighted by atomic mass is 10.2. The molecule has 1 heterocycles. The summed E-state index contributed by atoms with van der Waals surface area (Å²) in [6.07, 6.45) is 2.62. The molecule has 1 atom stereocenters. The average molecular weight is 279 g/mol. The molecule has 0 aliphatic rings. The molecular weight excluding hydrogens is 262 g/mol. The normalized spacial score (nSPS) is 12.5. The van der Waals surface area contributed by atoms with Crippen molar-refractivity contribution in [2.24, 2.45) is 0 Å². The minimum Gasteiger partial charge on any atom is -0.396 e. The van der Waals surface area contributed by atoms with Crippen LogP contribution in [0.5, 0.6) is 0 Å². The van der Waals surface area contributed by atoms with Crippen LogP contribution in [0.3, 0.4) is 0 Å². The summed E-state index contributed by atoms with van der Waals surface area (Å²) in [5.74, 6) is 1.30. The van der Waals surface area contributed by atoms with Gasteiger partial charge in [-0.15, -0.1) is 0 Å². The number of benzene rings is 1. The number of fused-ring (bicyclic) bond motifs is 1. The van der Waals surface area contributed by atoms with Crippen LogP contribution in [0.25, 0.3) is 10.9 Å². The highest BCUT2D eigenvalue weighted by Crippen LogP contribution is 2.11. The molecule has 0 aliphatic heterocycles. The Morgan fingerprint density at radius 1 is 1.47 bits per heavy atom. The van der Waals surface area contributed by atoms with Gasteiger partial charge in [0, 0.05) is 18.4 Å². The molecule has 1 aromatic heterocycles. The summed E-state index contributed by atoms with van der Waals surface area (Å²) in [6, 6.07) is 7.31. The van der Waals surface area contributed by atoms with Gasteiger partial charge in [-0.3, -0.25) is 9.78 Å². The molecule has 1 aromatic carbocycles. The Balaban J connectivity index is 2.27. The summed E-state index contributed by atoms with van der Waals surface area (Å²) >= 11 is 1.68. The summed E-state index contributed by atoms with van der Waals surface area (Å²) in [7, 11) is 0. The van der Waals surface area contributed by atoms with Gasteiger partial charge in [0.25, 0.3) is 5.56 Å². The maximum absolute atomic E-state index is 11.9. The predicted octanol–water partition coefficient (Wildman–Crippen LogP) is 1.45. The third-order valence-electron chi connectivity index (χ3n) is 2.80. The van der Waals surface area contributed by atoms with Crippen LogP contribution in [-0.4, -0.2) is 39.7 Å².